The van der Waals surface area contributed by atoms with Crippen molar-refractivity contribution in [3.63, 3.8) is 0 Å². The van der Waals surface area contributed by atoms with Crippen LogP contribution < -0.4 is 22.2 Å². The van der Waals surface area contributed by atoms with Crippen LogP contribution in [0.4, 0.5) is 0 Å². The Hall–Kier alpha value is -6.98. The van der Waals surface area contributed by atoms with Crippen LogP contribution in [-0.4, -0.2) is 48.8 Å². The van der Waals surface area contributed by atoms with Gasteiger partial charge >= 0.3 is 5.97 Å². The molecule has 0 fully saturated rings. The van der Waals surface area contributed by atoms with Crippen LogP contribution in [0.5, 0.6) is 0 Å². The van der Waals surface area contributed by atoms with Gasteiger partial charge in [0, 0.05) is 51.0 Å². The lowest BCUT2D eigenvalue weighted by Gasteiger charge is -2.11. The minimum absolute atomic E-state index is 0.128. The second-order valence-electron chi connectivity index (χ2n) is 12.3. The number of hydrogen-bond donors (Lipinski definition) is 3. The number of rotatable bonds is 4. The van der Waals surface area contributed by atoms with E-state index in [2.05, 4.69) is 15.3 Å². The molecule has 0 spiro atoms. The van der Waals surface area contributed by atoms with Gasteiger partial charge in [0.15, 0.2) is 0 Å². The molecule has 6 aromatic carbocycles. The Bertz CT molecular complexity index is 3190. The average Bonchev–Trinajstić information content (AvgIpc) is 3.75. The molecular formula is C40H26N6O5. The maximum Gasteiger partial charge on any atom is 0.336 e. The van der Waals surface area contributed by atoms with Crippen LogP contribution in [0.1, 0.15) is 20.7 Å². The molecule has 0 aliphatic rings. The number of amides is 1. The van der Waals surface area contributed by atoms with Gasteiger partial charge in [0.2, 0.25) is 0 Å². The molecule has 4 aromatic heterocycles. The van der Waals surface area contributed by atoms with Crippen molar-refractivity contribution in [1.29, 1.82) is 0 Å². The molecule has 51 heavy (non-hydrogen) atoms. The highest BCUT2D eigenvalue weighted by Gasteiger charge is 2.20. The Morgan fingerprint density at radius 2 is 1.06 bits per heavy atom. The van der Waals surface area contributed by atoms with Crippen molar-refractivity contribution in [3.05, 3.63) is 141 Å². The van der Waals surface area contributed by atoms with Crippen LogP contribution in [0.15, 0.2) is 119 Å². The topological polar surface area (TPSA) is 161 Å². The molecular weight excluding hydrogens is 644 g/mol. The lowest BCUT2D eigenvalue weighted by atomic mass is 9.97. The molecule has 0 bridgehead atoms. The number of benzene rings is 6. The zero-order chi connectivity index (χ0) is 35.0. The van der Waals surface area contributed by atoms with E-state index in [0.29, 0.717) is 51.5 Å². The van der Waals surface area contributed by atoms with Gasteiger partial charge in [-0.2, -0.15) is 0 Å². The summed E-state index contributed by atoms with van der Waals surface area (Å²) in [6, 6.07) is 32.7. The number of carboxylic acids is 1. The van der Waals surface area contributed by atoms with Gasteiger partial charge in [-0.25, -0.2) is 14.8 Å². The fourth-order valence-electron chi connectivity index (χ4n) is 7.27. The molecule has 1 amide bonds. The van der Waals surface area contributed by atoms with Gasteiger partial charge in [-0.1, -0.05) is 60.7 Å². The number of para-hydroxylation sites is 4. The normalized spacial score (nSPS) is 11.8. The number of nitrogens with one attached hydrogen (secondary N) is 1. The maximum absolute atomic E-state index is 13.2. The summed E-state index contributed by atoms with van der Waals surface area (Å²) in [6.45, 7) is 0.770. The number of hydrogen-bond acceptors (Lipinski definition) is 7. The summed E-state index contributed by atoms with van der Waals surface area (Å²) >= 11 is 0. The molecule has 11 heteroatoms. The minimum Gasteiger partial charge on any atom is -0.478 e. The zero-order valence-electron chi connectivity index (χ0n) is 26.8. The number of pyridine rings is 2. The highest BCUT2D eigenvalue weighted by Crippen LogP contribution is 2.33. The first-order valence-electron chi connectivity index (χ1n) is 16.3. The number of fused-ring (bicyclic) bond motifs is 8. The number of imidazole rings is 2. The van der Waals surface area contributed by atoms with Crippen LogP contribution in [0.2, 0.25) is 0 Å². The van der Waals surface area contributed by atoms with Gasteiger partial charge in [0.1, 0.15) is 11.3 Å². The number of carbonyl (C=O) groups is 2. The number of nitrogens with zero attached hydrogens (tertiary/aromatic N) is 4. The molecule has 11 nitrogen and oxygen atoms in total. The van der Waals surface area contributed by atoms with Gasteiger partial charge < -0.3 is 16.2 Å². The van der Waals surface area contributed by atoms with Crippen molar-refractivity contribution in [2.75, 3.05) is 13.1 Å². The first-order chi connectivity index (χ1) is 24.9. The minimum atomic E-state index is -1.01. The largest absolute Gasteiger partial charge is 0.478 e. The first kappa shape index (κ1) is 30.1. The molecule has 0 aliphatic heterocycles. The van der Waals surface area contributed by atoms with E-state index >= 15 is 0 Å². The van der Waals surface area contributed by atoms with Crippen molar-refractivity contribution >= 4 is 88.3 Å². The predicted octanol–water partition coefficient (Wildman–Crippen LogP) is 5.57. The molecule has 0 aliphatic carbocycles. The van der Waals surface area contributed by atoms with Gasteiger partial charge in [-0.15, -0.1) is 0 Å². The lowest BCUT2D eigenvalue weighted by molar-refractivity contribution is 0.0698. The summed E-state index contributed by atoms with van der Waals surface area (Å²) < 4.78 is 3.26. The Kier molecular flexibility index (Phi) is 6.67. The highest BCUT2D eigenvalue weighted by atomic mass is 16.4. The number of aromatic carboxylic acids is 1. The van der Waals surface area contributed by atoms with Gasteiger partial charge in [-0.3, -0.25) is 23.2 Å². The third kappa shape index (κ3) is 4.35. The zero-order valence-corrected chi connectivity index (χ0v) is 26.8. The third-order valence-electron chi connectivity index (χ3n) is 9.46. The molecule has 246 valence electrons. The van der Waals surface area contributed by atoms with Gasteiger partial charge in [-0.05, 0) is 59.3 Å². The highest BCUT2D eigenvalue weighted by molar-refractivity contribution is 6.21. The fraction of sp³-hybridized carbons (Fsp3) is 0.0500. The van der Waals surface area contributed by atoms with E-state index in [-0.39, 0.29) is 22.6 Å². The Morgan fingerprint density at radius 3 is 1.57 bits per heavy atom. The smallest absolute Gasteiger partial charge is 0.336 e. The van der Waals surface area contributed by atoms with Crippen molar-refractivity contribution in [2.24, 2.45) is 5.73 Å². The van der Waals surface area contributed by atoms with E-state index in [1.165, 1.54) is 6.07 Å². The van der Waals surface area contributed by atoms with E-state index in [9.17, 15) is 24.3 Å². The van der Waals surface area contributed by atoms with Crippen molar-refractivity contribution in [1.82, 2.24) is 24.1 Å². The monoisotopic (exact) mass is 670 g/mol. The van der Waals surface area contributed by atoms with Gasteiger partial charge in [0.05, 0.1) is 27.6 Å². The molecule has 0 atom stereocenters. The Labute approximate surface area is 286 Å². The number of aromatic nitrogens is 4. The second-order valence-corrected chi connectivity index (χ2v) is 12.3. The predicted molar refractivity (Wildman–Crippen MR) is 199 cm³/mol. The lowest BCUT2D eigenvalue weighted by Crippen LogP contribution is -2.29. The van der Waals surface area contributed by atoms with E-state index in [1.807, 2.05) is 72.8 Å². The van der Waals surface area contributed by atoms with Crippen LogP contribution in [0.25, 0.3) is 76.5 Å². The second kappa shape index (κ2) is 11.3. The van der Waals surface area contributed by atoms with Crippen molar-refractivity contribution in [3.8, 4) is 0 Å². The van der Waals surface area contributed by atoms with Crippen molar-refractivity contribution < 1.29 is 14.7 Å². The van der Waals surface area contributed by atoms with Crippen LogP contribution in [0, 0.1) is 0 Å². The van der Waals surface area contributed by atoms with E-state index in [4.69, 9.17) is 5.73 Å². The summed E-state index contributed by atoms with van der Waals surface area (Å²) in [5.74, 6) is -1.21. The molecule has 10 aromatic rings. The maximum atomic E-state index is 13.2. The fourth-order valence-corrected chi connectivity index (χ4v) is 7.27. The molecule has 0 saturated carbocycles. The van der Waals surface area contributed by atoms with Crippen molar-refractivity contribution in [2.45, 2.75) is 0 Å². The standard InChI is InChI=1S/C21H16N4O2.C19H10N2O3/c22-10-11-23-20(26)13-8-9-15-18-12(13)4-3-5-14(18)19-24-16-6-1-2-7-17(16)25(19)21(15)27;22-18-13-9-8-11(19(23)24)10-4-3-5-12(16(10)13)17-20-14-6-1-2-7-15(14)21(17)18/h1-9H,10-11,22H2,(H,23,26);1-9H,(H,23,24). The van der Waals surface area contributed by atoms with Crippen LogP contribution in [0.3, 0.4) is 0 Å². The summed E-state index contributed by atoms with van der Waals surface area (Å²) in [7, 11) is 0. The summed E-state index contributed by atoms with van der Waals surface area (Å²) in [4.78, 5) is 59.6. The quantitative estimate of drug-likeness (QED) is 0.219. The number of carboxylic acid groups (broad SMARTS) is 1. The Balaban J connectivity index is 0.000000137. The molecule has 0 unspecified atom stereocenters. The molecule has 0 radical (unpaired) electrons. The summed E-state index contributed by atoms with van der Waals surface area (Å²) in [5, 5.41) is 17.7. The Morgan fingerprint density at radius 1 is 0.588 bits per heavy atom. The van der Waals surface area contributed by atoms with E-state index in [0.717, 1.165) is 43.6 Å². The van der Waals surface area contributed by atoms with E-state index in [1.54, 1.807) is 39.1 Å². The summed E-state index contributed by atoms with van der Waals surface area (Å²) in [5.41, 5.74) is 10.1. The average molecular weight is 671 g/mol. The molecule has 4 heterocycles. The van der Waals surface area contributed by atoms with E-state index < -0.39 is 5.97 Å². The SMILES string of the molecule is NCCNC(=O)c1ccc2c(=O)n3c4ccccc4nc3c3cccc1c23.O=C(O)c1ccc2c(=O)n3c4ccccc4nc3c3cccc1c23. The van der Waals surface area contributed by atoms with Crippen LogP contribution in [-0.2, 0) is 0 Å². The summed E-state index contributed by atoms with van der Waals surface area (Å²) in [6.07, 6.45) is 0. The number of nitrogens with two attached hydrogens (primary N) is 1. The third-order valence-corrected chi connectivity index (χ3v) is 9.46. The first-order valence-corrected chi connectivity index (χ1v) is 16.3. The van der Waals surface area contributed by atoms with Crippen LogP contribution >= 0.6 is 0 Å². The molecule has 10 rings (SSSR count). The number of carbonyl (C=O) groups excluding carboxylic acids is 1. The van der Waals surface area contributed by atoms with Gasteiger partial charge in [0.25, 0.3) is 17.0 Å². The molecule has 4 N–H and O–H groups in total. The molecule has 0 saturated heterocycles.